The van der Waals surface area contributed by atoms with E-state index < -0.39 is 0 Å². The van der Waals surface area contributed by atoms with Crippen LogP contribution in [0.1, 0.15) is 78.1 Å². The molecule has 0 aromatic rings. The molecule has 0 heterocycles. The van der Waals surface area contributed by atoms with Gasteiger partial charge in [0, 0.05) is 5.92 Å². The second-order valence-corrected chi connectivity index (χ2v) is 6.58. The topological polar surface area (TPSA) is 0 Å². The molecule has 0 heteroatoms. The summed E-state index contributed by atoms with van der Waals surface area (Å²) in [5, 5.41) is 0. The van der Waals surface area contributed by atoms with E-state index in [0.29, 0.717) is 0 Å². The quantitative estimate of drug-likeness (QED) is 0.583. The summed E-state index contributed by atoms with van der Waals surface area (Å²) >= 11 is 0. The van der Waals surface area contributed by atoms with E-state index in [0.717, 1.165) is 23.7 Å². The minimum atomic E-state index is 0.725. The van der Waals surface area contributed by atoms with Crippen molar-refractivity contribution in [3.05, 3.63) is 0 Å². The van der Waals surface area contributed by atoms with Crippen LogP contribution in [0.4, 0.5) is 0 Å². The van der Waals surface area contributed by atoms with Crippen LogP contribution in [0.2, 0.25) is 0 Å². The molecule has 0 bridgehead atoms. The van der Waals surface area contributed by atoms with Gasteiger partial charge < -0.3 is 0 Å². The van der Waals surface area contributed by atoms with Crippen molar-refractivity contribution in [2.45, 2.75) is 78.1 Å². The van der Waals surface area contributed by atoms with Crippen molar-refractivity contribution in [1.29, 1.82) is 0 Å². The van der Waals surface area contributed by atoms with Crippen LogP contribution >= 0.6 is 0 Å². The highest BCUT2D eigenvalue weighted by atomic mass is 14.3. The first kappa shape index (κ1) is 14.0. The van der Waals surface area contributed by atoms with Crippen molar-refractivity contribution in [2.24, 2.45) is 23.7 Å². The number of hydrogen-bond acceptors (Lipinski definition) is 0. The molecule has 0 spiro atoms. The second kappa shape index (κ2) is 7.22. The largest absolute Gasteiger partial charge is 0.106 e. The Morgan fingerprint density at radius 3 is 1.89 bits per heavy atom. The Balaban J connectivity index is 1.72. The summed E-state index contributed by atoms with van der Waals surface area (Å²) in [6, 6.07) is 0. The average molecular weight is 246 g/mol. The smallest absolute Gasteiger partial charge is 0.0203 e. The normalized spacial score (nSPS) is 36.8. The number of rotatable bonds is 3. The van der Waals surface area contributed by atoms with E-state index in [4.69, 9.17) is 0 Å². The van der Waals surface area contributed by atoms with Gasteiger partial charge in [-0.25, -0.2) is 0 Å². The van der Waals surface area contributed by atoms with Crippen molar-refractivity contribution in [3.8, 4) is 11.8 Å². The molecule has 0 radical (unpaired) electrons. The molecule has 0 aromatic carbocycles. The molecule has 0 amide bonds. The molecule has 0 saturated heterocycles. The molecule has 0 nitrogen and oxygen atoms in total. The van der Waals surface area contributed by atoms with Gasteiger partial charge in [0.2, 0.25) is 0 Å². The molecule has 2 aliphatic carbocycles. The monoisotopic (exact) mass is 246 g/mol. The maximum atomic E-state index is 3.38. The molecule has 0 aromatic heterocycles. The molecule has 0 atom stereocenters. The molecule has 2 fully saturated rings. The van der Waals surface area contributed by atoms with E-state index in [1.54, 1.807) is 0 Å². The summed E-state index contributed by atoms with van der Waals surface area (Å²) in [6.45, 7) is 4.32. The fourth-order valence-electron chi connectivity index (χ4n) is 4.30. The van der Waals surface area contributed by atoms with Gasteiger partial charge in [0.05, 0.1) is 0 Å². The summed E-state index contributed by atoms with van der Waals surface area (Å²) in [5.74, 6) is 10.4. The highest BCUT2D eigenvalue weighted by Gasteiger charge is 2.30. The van der Waals surface area contributed by atoms with Gasteiger partial charge in [0.1, 0.15) is 0 Å². The van der Waals surface area contributed by atoms with Gasteiger partial charge in [-0.05, 0) is 63.2 Å². The van der Waals surface area contributed by atoms with Gasteiger partial charge in [-0.2, -0.15) is 0 Å². The highest BCUT2D eigenvalue weighted by molar-refractivity contribution is 5.02. The second-order valence-electron chi connectivity index (χ2n) is 6.58. The molecule has 18 heavy (non-hydrogen) atoms. The zero-order chi connectivity index (χ0) is 12.8. The minimum absolute atomic E-state index is 0.725. The molecule has 0 N–H and O–H groups in total. The van der Waals surface area contributed by atoms with Crippen molar-refractivity contribution < 1.29 is 0 Å². The lowest BCUT2D eigenvalue weighted by atomic mass is 9.69. The lowest BCUT2D eigenvalue weighted by Gasteiger charge is -2.37. The van der Waals surface area contributed by atoms with Gasteiger partial charge in [-0.3, -0.25) is 0 Å². The molecule has 0 aliphatic heterocycles. The fraction of sp³-hybridized carbons (Fsp3) is 0.889. The first-order chi connectivity index (χ1) is 8.83. The van der Waals surface area contributed by atoms with Crippen molar-refractivity contribution in [2.75, 3.05) is 0 Å². The minimum Gasteiger partial charge on any atom is -0.106 e. The van der Waals surface area contributed by atoms with Crippen molar-refractivity contribution in [1.82, 2.24) is 0 Å². The lowest BCUT2D eigenvalue weighted by molar-refractivity contribution is 0.154. The van der Waals surface area contributed by atoms with Crippen LogP contribution < -0.4 is 0 Å². The van der Waals surface area contributed by atoms with Crippen LogP contribution in [0.25, 0.3) is 0 Å². The molecular weight excluding hydrogens is 216 g/mol. The zero-order valence-corrected chi connectivity index (χ0v) is 12.4. The van der Waals surface area contributed by atoms with Gasteiger partial charge in [0.25, 0.3) is 0 Å². The van der Waals surface area contributed by atoms with E-state index >= 15 is 0 Å². The molecule has 102 valence electrons. The van der Waals surface area contributed by atoms with Gasteiger partial charge in [-0.1, -0.05) is 32.6 Å². The van der Waals surface area contributed by atoms with E-state index in [1.807, 2.05) is 6.92 Å². The highest BCUT2D eigenvalue weighted by Crippen LogP contribution is 2.41. The third-order valence-corrected chi connectivity index (χ3v) is 5.38. The zero-order valence-electron chi connectivity index (χ0n) is 12.4. The maximum Gasteiger partial charge on any atom is 0.0203 e. The van der Waals surface area contributed by atoms with E-state index in [1.165, 1.54) is 64.2 Å². The Hall–Kier alpha value is -0.440. The summed E-state index contributed by atoms with van der Waals surface area (Å²) in [5.41, 5.74) is 0. The summed E-state index contributed by atoms with van der Waals surface area (Å²) < 4.78 is 0. The predicted octanol–water partition coefficient (Wildman–Crippen LogP) is 5.42. The predicted molar refractivity (Wildman–Crippen MR) is 79.3 cm³/mol. The van der Waals surface area contributed by atoms with Crippen LogP contribution in [0.3, 0.4) is 0 Å². The third kappa shape index (κ3) is 3.78. The van der Waals surface area contributed by atoms with Crippen LogP contribution in [0, 0.1) is 35.5 Å². The van der Waals surface area contributed by atoms with E-state index in [2.05, 4.69) is 18.8 Å². The maximum absolute atomic E-state index is 3.38. The van der Waals surface area contributed by atoms with Gasteiger partial charge >= 0.3 is 0 Å². The molecule has 2 saturated carbocycles. The first-order valence-corrected chi connectivity index (χ1v) is 8.25. The Labute approximate surface area is 114 Å². The fourth-order valence-corrected chi connectivity index (χ4v) is 4.30. The van der Waals surface area contributed by atoms with E-state index in [-0.39, 0.29) is 0 Å². The molecular formula is C18H30. The first-order valence-electron chi connectivity index (χ1n) is 8.25. The van der Waals surface area contributed by atoms with Crippen LogP contribution in [0.15, 0.2) is 0 Å². The summed E-state index contributed by atoms with van der Waals surface area (Å²) in [6.07, 6.45) is 14.6. The van der Waals surface area contributed by atoms with Crippen LogP contribution in [-0.2, 0) is 0 Å². The summed E-state index contributed by atoms with van der Waals surface area (Å²) in [4.78, 5) is 0. The van der Waals surface area contributed by atoms with E-state index in [9.17, 15) is 0 Å². The number of hydrogen-bond donors (Lipinski definition) is 0. The lowest BCUT2D eigenvalue weighted by Crippen LogP contribution is -2.25. The Kier molecular flexibility index (Phi) is 5.61. The Bertz CT molecular complexity index is 277. The van der Waals surface area contributed by atoms with Crippen molar-refractivity contribution >= 4 is 0 Å². The molecule has 2 rings (SSSR count). The molecule has 0 unspecified atom stereocenters. The third-order valence-electron chi connectivity index (χ3n) is 5.38. The standard InChI is InChI=1S/C18H30/c1-3-5-15-7-11-17(12-8-15)18-13-9-16(6-4-2)10-14-18/h15-18H,3,5,7-14H2,1-2H3. The SMILES string of the molecule is CC#CC1CCC(C2CCC(CCC)CC2)CC1. The average Bonchev–Trinajstić information content (AvgIpc) is 2.41. The van der Waals surface area contributed by atoms with Crippen LogP contribution in [-0.4, -0.2) is 0 Å². The Morgan fingerprint density at radius 1 is 0.833 bits per heavy atom. The van der Waals surface area contributed by atoms with Crippen molar-refractivity contribution in [3.63, 3.8) is 0 Å². The van der Waals surface area contributed by atoms with Gasteiger partial charge in [0.15, 0.2) is 0 Å². The molecule has 2 aliphatic rings. The summed E-state index contributed by atoms with van der Waals surface area (Å²) in [7, 11) is 0. The Morgan fingerprint density at radius 2 is 1.39 bits per heavy atom. The van der Waals surface area contributed by atoms with Crippen LogP contribution in [0.5, 0.6) is 0 Å². The van der Waals surface area contributed by atoms with Gasteiger partial charge in [-0.15, -0.1) is 11.8 Å².